The summed E-state index contributed by atoms with van der Waals surface area (Å²) >= 11 is 1.62. The molecule has 0 saturated carbocycles. The molecule has 144 valence electrons. The molecule has 3 aromatic carbocycles. The first-order valence-corrected chi connectivity index (χ1v) is 10.5. The van der Waals surface area contributed by atoms with Gasteiger partial charge in [0.15, 0.2) is 0 Å². The number of ether oxygens (including phenoxy) is 1. The van der Waals surface area contributed by atoms with Gasteiger partial charge in [-0.1, -0.05) is 30.3 Å². The van der Waals surface area contributed by atoms with Gasteiger partial charge in [0.1, 0.15) is 5.75 Å². The number of carbonyl (C=O) groups excluding carboxylic acids is 1. The zero-order chi connectivity index (χ0) is 19.3. The molecule has 3 aromatic rings. The molecule has 1 aliphatic rings. The lowest BCUT2D eigenvalue weighted by Crippen LogP contribution is -2.49. The Morgan fingerprint density at radius 3 is 2.36 bits per heavy atom. The predicted molar refractivity (Wildman–Crippen MR) is 116 cm³/mol. The zero-order valence-corrected chi connectivity index (χ0v) is 16.8. The Labute approximate surface area is 170 Å². The van der Waals surface area contributed by atoms with E-state index < -0.39 is 0 Å². The molecular formula is C23H24N2O2S. The van der Waals surface area contributed by atoms with Crippen LogP contribution in [0.4, 0.5) is 5.69 Å². The number of amides is 1. The lowest BCUT2D eigenvalue weighted by Gasteiger charge is -2.36. The highest BCUT2D eigenvalue weighted by atomic mass is 32.2. The second-order valence-corrected chi connectivity index (χ2v) is 7.91. The number of hydrogen-bond donors (Lipinski definition) is 0. The third-order valence-electron chi connectivity index (χ3n) is 5.15. The van der Waals surface area contributed by atoms with Crippen molar-refractivity contribution < 1.29 is 9.53 Å². The standard InChI is InChI=1S/C23H24N2O2S/c1-27-21-9-7-20(8-10-21)24-12-14-25(15-13-24)23(26)17-28-22-11-6-18-4-2-3-5-19(18)16-22/h2-11,16H,12-15,17H2,1H3. The molecule has 0 radical (unpaired) electrons. The van der Waals surface area contributed by atoms with Gasteiger partial charge in [-0.15, -0.1) is 11.8 Å². The van der Waals surface area contributed by atoms with Crippen LogP contribution in [-0.2, 0) is 4.79 Å². The minimum absolute atomic E-state index is 0.215. The van der Waals surface area contributed by atoms with Gasteiger partial charge in [0.25, 0.3) is 0 Å². The summed E-state index contributed by atoms with van der Waals surface area (Å²) in [5.74, 6) is 1.57. The van der Waals surface area contributed by atoms with Crippen LogP contribution < -0.4 is 9.64 Å². The van der Waals surface area contributed by atoms with Gasteiger partial charge in [-0.3, -0.25) is 4.79 Å². The number of anilines is 1. The summed E-state index contributed by atoms with van der Waals surface area (Å²) in [5.41, 5.74) is 1.18. The van der Waals surface area contributed by atoms with E-state index in [2.05, 4.69) is 47.4 Å². The van der Waals surface area contributed by atoms with E-state index in [1.165, 1.54) is 16.5 Å². The van der Waals surface area contributed by atoms with E-state index in [4.69, 9.17) is 4.74 Å². The van der Waals surface area contributed by atoms with Crippen LogP contribution in [0.15, 0.2) is 71.6 Å². The Kier molecular flexibility index (Phi) is 5.72. The van der Waals surface area contributed by atoms with E-state index in [0.717, 1.165) is 36.8 Å². The number of benzene rings is 3. The van der Waals surface area contributed by atoms with Gasteiger partial charge in [-0.25, -0.2) is 0 Å². The lowest BCUT2D eigenvalue weighted by molar-refractivity contribution is -0.128. The maximum absolute atomic E-state index is 12.6. The van der Waals surface area contributed by atoms with Crippen molar-refractivity contribution in [3.63, 3.8) is 0 Å². The molecule has 0 atom stereocenters. The van der Waals surface area contributed by atoms with E-state index >= 15 is 0 Å². The number of nitrogens with zero attached hydrogens (tertiary/aromatic N) is 2. The number of thioether (sulfide) groups is 1. The van der Waals surface area contributed by atoms with Gasteiger partial charge < -0.3 is 14.5 Å². The van der Waals surface area contributed by atoms with Crippen molar-refractivity contribution >= 4 is 34.1 Å². The van der Waals surface area contributed by atoms with Crippen molar-refractivity contribution in [2.24, 2.45) is 0 Å². The van der Waals surface area contributed by atoms with Crippen LogP contribution in [0.5, 0.6) is 5.75 Å². The van der Waals surface area contributed by atoms with Crippen molar-refractivity contribution in [2.75, 3.05) is 43.9 Å². The second kappa shape index (κ2) is 8.57. The monoisotopic (exact) mass is 392 g/mol. The van der Waals surface area contributed by atoms with Crippen molar-refractivity contribution in [3.8, 4) is 5.75 Å². The largest absolute Gasteiger partial charge is 0.497 e. The van der Waals surface area contributed by atoms with Gasteiger partial charge in [-0.05, 0) is 47.2 Å². The molecule has 1 fully saturated rings. The fraction of sp³-hybridized carbons (Fsp3) is 0.261. The first kappa shape index (κ1) is 18.7. The summed E-state index contributed by atoms with van der Waals surface area (Å²) in [4.78, 5) is 18.1. The minimum Gasteiger partial charge on any atom is -0.497 e. The second-order valence-electron chi connectivity index (χ2n) is 6.86. The van der Waals surface area contributed by atoms with Crippen molar-refractivity contribution in [1.82, 2.24) is 4.90 Å². The van der Waals surface area contributed by atoms with Crippen LogP contribution in [0.1, 0.15) is 0 Å². The average molecular weight is 393 g/mol. The summed E-state index contributed by atoms with van der Waals surface area (Å²) < 4.78 is 5.22. The van der Waals surface area contributed by atoms with Gasteiger partial charge in [0.05, 0.1) is 12.9 Å². The molecule has 0 aliphatic carbocycles. The van der Waals surface area contributed by atoms with E-state index in [0.29, 0.717) is 5.75 Å². The normalized spacial score (nSPS) is 14.3. The van der Waals surface area contributed by atoms with E-state index in [9.17, 15) is 4.79 Å². The van der Waals surface area contributed by atoms with Crippen molar-refractivity contribution in [1.29, 1.82) is 0 Å². The molecule has 4 rings (SSSR count). The third kappa shape index (κ3) is 4.25. The van der Waals surface area contributed by atoms with E-state index in [-0.39, 0.29) is 5.91 Å². The smallest absolute Gasteiger partial charge is 0.233 e. The highest BCUT2D eigenvalue weighted by Gasteiger charge is 2.21. The van der Waals surface area contributed by atoms with Crippen LogP contribution in [0.3, 0.4) is 0 Å². The molecule has 28 heavy (non-hydrogen) atoms. The summed E-state index contributed by atoms with van der Waals surface area (Å²) in [6.45, 7) is 3.25. The van der Waals surface area contributed by atoms with Crippen LogP contribution in [0.25, 0.3) is 10.8 Å². The van der Waals surface area contributed by atoms with Crippen LogP contribution in [0.2, 0.25) is 0 Å². The molecule has 1 heterocycles. The fourth-order valence-electron chi connectivity index (χ4n) is 3.50. The van der Waals surface area contributed by atoms with E-state index in [1.807, 2.05) is 29.2 Å². The highest BCUT2D eigenvalue weighted by molar-refractivity contribution is 8.00. The number of methoxy groups -OCH3 is 1. The van der Waals surface area contributed by atoms with Crippen molar-refractivity contribution in [2.45, 2.75) is 4.90 Å². The first-order chi connectivity index (χ1) is 13.7. The van der Waals surface area contributed by atoms with Gasteiger partial charge in [0.2, 0.25) is 5.91 Å². The minimum atomic E-state index is 0.215. The molecule has 1 amide bonds. The number of hydrogen-bond acceptors (Lipinski definition) is 4. The summed E-state index contributed by atoms with van der Waals surface area (Å²) in [7, 11) is 1.68. The third-order valence-corrected chi connectivity index (χ3v) is 6.13. The molecule has 5 heteroatoms. The molecule has 0 N–H and O–H groups in total. The number of fused-ring (bicyclic) bond motifs is 1. The first-order valence-electron chi connectivity index (χ1n) is 9.51. The molecule has 1 saturated heterocycles. The SMILES string of the molecule is COc1ccc(N2CCN(C(=O)CSc3ccc4ccccc4c3)CC2)cc1. The summed E-state index contributed by atoms with van der Waals surface area (Å²) in [6, 6.07) is 22.8. The summed E-state index contributed by atoms with van der Waals surface area (Å²) in [5, 5.41) is 2.45. The summed E-state index contributed by atoms with van der Waals surface area (Å²) in [6.07, 6.45) is 0. The number of rotatable bonds is 5. The average Bonchev–Trinajstić information content (AvgIpc) is 2.77. The Bertz CT molecular complexity index is 950. The van der Waals surface area contributed by atoms with E-state index in [1.54, 1.807) is 18.9 Å². The topological polar surface area (TPSA) is 32.8 Å². The molecule has 0 aromatic heterocycles. The molecule has 0 spiro atoms. The number of piperazine rings is 1. The number of carbonyl (C=O) groups is 1. The Morgan fingerprint density at radius 2 is 1.64 bits per heavy atom. The Morgan fingerprint density at radius 1 is 0.929 bits per heavy atom. The molecule has 1 aliphatic heterocycles. The highest BCUT2D eigenvalue weighted by Crippen LogP contribution is 2.25. The Hall–Kier alpha value is -2.66. The van der Waals surface area contributed by atoms with Gasteiger partial charge in [-0.2, -0.15) is 0 Å². The zero-order valence-electron chi connectivity index (χ0n) is 16.0. The Balaban J connectivity index is 1.29. The van der Waals surface area contributed by atoms with Crippen LogP contribution in [0, 0.1) is 0 Å². The molecule has 4 nitrogen and oxygen atoms in total. The van der Waals surface area contributed by atoms with Crippen LogP contribution in [-0.4, -0.2) is 49.8 Å². The van der Waals surface area contributed by atoms with Crippen LogP contribution >= 0.6 is 11.8 Å². The maximum Gasteiger partial charge on any atom is 0.233 e. The van der Waals surface area contributed by atoms with Gasteiger partial charge >= 0.3 is 0 Å². The molecule has 0 unspecified atom stereocenters. The molecular weight excluding hydrogens is 368 g/mol. The maximum atomic E-state index is 12.6. The lowest BCUT2D eigenvalue weighted by atomic mass is 10.1. The van der Waals surface area contributed by atoms with Gasteiger partial charge in [0, 0.05) is 36.8 Å². The fourth-order valence-corrected chi connectivity index (χ4v) is 4.35. The molecule has 0 bridgehead atoms. The predicted octanol–water partition coefficient (Wildman–Crippen LogP) is 4.29. The quantitative estimate of drug-likeness (QED) is 0.607. The van der Waals surface area contributed by atoms with Crippen molar-refractivity contribution in [3.05, 3.63) is 66.7 Å².